The Kier molecular flexibility index (Phi) is 12.7. The van der Waals surface area contributed by atoms with E-state index in [1.54, 1.807) is 0 Å². The molecule has 2 rings (SSSR count). The fraction of sp³-hybridized carbons (Fsp3) is 0.667. The first-order valence-electron chi connectivity index (χ1n) is 10.2. The molecule has 1 aliphatic heterocycles. The van der Waals surface area contributed by atoms with Crippen LogP contribution in [0, 0.1) is 0 Å². The van der Waals surface area contributed by atoms with Gasteiger partial charge >= 0.3 is 0 Å². The Morgan fingerprint density at radius 1 is 1.04 bits per heavy atom. The van der Waals surface area contributed by atoms with Crippen molar-refractivity contribution in [3.8, 4) is 0 Å². The summed E-state index contributed by atoms with van der Waals surface area (Å²) in [7, 11) is 1.83. The van der Waals surface area contributed by atoms with Crippen molar-refractivity contribution in [3.05, 3.63) is 35.4 Å². The second kappa shape index (κ2) is 14.2. The van der Waals surface area contributed by atoms with Crippen molar-refractivity contribution < 1.29 is 0 Å². The van der Waals surface area contributed by atoms with E-state index in [2.05, 4.69) is 63.5 Å². The highest BCUT2D eigenvalue weighted by molar-refractivity contribution is 14.0. The molecule has 5 nitrogen and oxygen atoms in total. The number of benzene rings is 1. The third kappa shape index (κ3) is 9.25. The van der Waals surface area contributed by atoms with E-state index in [0.717, 1.165) is 45.2 Å². The molecule has 1 aliphatic rings. The Hall–Kier alpha value is -0.860. The fourth-order valence-corrected chi connectivity index (χ4v) is 3.44. The van der Waals surface area contributed by atoms with Crippen molar-refractivity contribution in [2.75, 3.05) is 46.3 Å². The van der Waals surface area contributed by atoms with Gasteiger partial charge in [-0.15, -0.1) is 24.0 Å². The Labute approximate surface area is 183 Å². The summed E-state index contributed by atoms with van der Waals surface area (Å²) < 4.78 is 0. The zero-order valence-corrected chi connectivity index (χ0v) is 19.7. The highest BCUT2D eigenvalue weighted by Gasteiger charge is 2.11. The summed E-state index contributed by atoms with van der Waals surface area (Å²) in [5.74, 6) is 0.874. The van der Waals surface area contributed by atoms with Gasteiger partial charge in [0, 0.05) is 33.2 Å². The lowest BCUT2D eigenvalue weighted by Crippen LogP contribution is -2.41. The van der Waals surface area contributed by atoms with Gasteiger partial charge in [0.1, 0.15) is 0 Å². The quantitative estimate of drug-likeness (QED) is 0.302. The molecule has 1 saturated heterocycles. The van der Waals surface area contributed by atoms with Gasteiger partial charge in [0.2, 0.25) is 0 Å². The number of nitrogens with zero attached hydrogens (tertiary/aromatic N) is 3. The van der Waals surface area contributed by atoms with Crippen molar-refractivity contribution in [1.82, 2.24) is 20.4 Å². The average molecular weight is 487 g/mol. The largest absolute Gasteiger partial charge is 0.355 e. The number of rotatable bonds is 10. The Bertz CT molecular complexity index is 526. The number of hydrogen-bond acceptors (Lipinski definition) is 3. The van der Waals surface area contributed by atoms with Gasteiger partial charge in [-0.2, -0.15) is 0 Å². The van der Waals surface area contributed by atoms with E-state index in [0.29, 0.717) is 0 Å². The minimum absolute atomic E-state index is 0. The molecule has 2 N–H and O–H groups in total. The second-order valence-electron chi connectivity index (χ2n) is 7.09. The van der Waals surface area contributed by atoms with E-state index in [4.69, 9.17) is 0 Å². The van der Waals surface area contributed by atoms with Crippen LogP contribution < -0.4 is 10.6 Å². The highest BCUT2D eigenvalue weighted by Crippen LogP contribution is 2.13. The molecule has 1 fully saturated rings. The van der Waals surface area contributed by atoms with Gasteiger partial charge in [-0.1, -0.05) is 38.1 Å². The first-order chi connectivity index (χ1) is 12.7. The number of aliphatic imine (C=N–C) groups is 1. The summed E-state index contributed by atoms with van der Waals surface area (Å²) in [4.78, 5) is 9.32. The van der Waals surface area contributed by atoms with Gasteiger partial charge in [-0.05, 0) is 56.6 Å². The van der Waals surface area contributed by atoms with Crippen LogP contribution in [0.3, 0.4) is 0 Å². The van der Waals surface area contributed by atoms with Crippen LogP contribution in [-0.4, -0.2) is 62.1 Å². The van der Waals surface area contributed by atoms with Crippen LogP contribution >= 0.6 is 24.0 Å². The molecule has 0 aliphatic carbocycles. The topological polar surface area (TPSA) is 42.9 Å². The molecule has 6 heteroatoms. The molecule has 1 aromatic rings. The smallest absolute Gasteiger partial charge is 0.191 e. The first kappa shape index (κ1) is 24.2. The molecule has 0 amide bonds. The van der Waals surface area contributed by atoms with Gasteiger partial charge < -0.3 is 15.5 Å². The third-order valence-electron chi connectivity index (χ3n) is 5.02. The van der Waals surface area contributed by atoms with Crippen LogP contribution in [-0.2, 0) is 13.1 Å². The van der Waals surface area contributed by atoms with Gasteiger partial charge in [-0.25, -0.2) is 0 Å². The maximum atomic E-state index is 4.33. The van der Waals surface area contributed by atoms with Gasteiger partial charge in [0.15, 0.2) is 5.96 Å². The summed E-state index contributed by atoms with van der Waals surface area (Å²) in [5.41, 5.74) is 2.70. The molecular formula is C21H38IN5. The fourth-order valence-electron chi connectivity index (χ4n) is 3.44. The molecule has 1 heterocycles. The molecule has 27 heavy (non-hydrogen) atoms. The van der Waals surface area contributed by atoms with Crippen LogP contribution in [0.2, 0.25) is 0 Å². The zero-order chi connectivity index (χ0) is 18.6. The van der Waals surface area contributed by atoms with E-state index in [-0.39, 0.29) is 24.0 Å². The van der Waals surface area contributed by atoms with Gasteiger partial charge in [0.25, 0.3) is 0 Å². The predicted molar refractivity (Wildman–Crippen MR) is 127 cm³/mol. The third-order valence-corrected chi connectivity index (χ3v) is 5.02. The van der Waals surface area contributed by atoms with Crippen molar-refractivity contribution in [1.29, 1.82) is 0 Å². The summed E-state index contributed by atoms with van der Waals surface area (Å²) in [6.07, 6.45) is 3.90. The normalized spacial score (nSPS) is 15.0. The van der Waals surface area contributed by atoms with E-state index < -0.39 is 0 Å². The van der Waals surface area contributed by atoms with Crippen LogP contribution in [0.15, 0.2) is 29.3 Å². The monoisotopic (exact) mass is 487 g/mol. The molecule has 0 bridgehead atoms. The van der Waals surface area contributed by atoms with E-state index in [9.17, 15) is 0 Å². The van der Waals surface area contributed by atoms with Gasteiger partial charge in [-0.3, -0.25) is 9.89 Å². The molecule has 154 valence electrons. The molecule has 0 saturated carbocycles. The standard InChI is InChI=1S/C21H37N5.HI/c1-4-13-25(5-2)16-12-23-21(22-3)24-17-19-8-10-20(11-9-19)18-26-14-6-7-15-26;/h8-11H,4-7,12-18H2,1-3H3,(H2,22,23,24);1H. The lowest BCUT2D eigenvalue weighted by atomic mass is 10.1. The molecule has 0 atom stereocenters. The summed E-state index contributed by atoms with van der Waals surface area (Å²) >= 11 is 0. The molecule has 0 spiro atoms. The molecule has 0 radical (unpaired) electrons. The van der Waals surface area contributed by atoms with Crippen molar-refractivity contribution in [2.45, 2.75) is 46.2 Å². The number of likely N-dealkylation sites (N-methyl/N-ethyl adjacent to an activating group) is 1. The molecule has 0 aromatic heterocycles. The van der Waals surface area contributed by atoms with Crippen molar-refractivity contribution in [3.63, 3.8) is 0 Å². The first-order valence-corrected chi connectivity index (χ1v) is 10.2. The van der Waals surface area contributed by atoms with Crippen LogP contribution in [0.5, 0.6) is 0 Å². The number of hydrogen-bond donors (Lipinski definition) is 2. The van der Waals surface area contributed by atoms with Crippen LogP contribution in [0.25, 0.3) is 0 Å². The average Bonchev–Trinajstić information content (AvgIpc) is 3.18. The van der Waals surface area contributed by atoms with E-state index in [1.165, 1.54) is 43.5 Å². The minimum Gasteiger partial charge on any atom is -0.355 e. The van der Waals surface area contributed by atoms with Crippen LogP contribution in [0.4, 0.5) is 0 Å². The predicted octanol–water partition coefficient (Wildman–Crippen LogP) is 3.30. The maximum absolute atomic E-state index is 4.33. The zero-order valence-electron chi connectivity index (χ0n) is 17.3. The molecular weight excluding hydrogens is 449 g/mol. The van der Waals surface area contributed by atoms with Gasteiger partial charge in [0.05, 0.1) is 0 Å². The highest BCUT2D eigenvalue weighted by atomic mass is 127. The Balaban J connectivity index is 0.00000364. The number of likely N-dealkylation sites (tertiary alicyclic amines) is 1. The summed E-state index contributed by atoms with van der Waals surface area (Å²) in [6, 6.07) is 8.97. The number of nitrogens with one attached hydrogen (secondary N) is 2. The van der Waals surface area contributed by atoms with E-state index in [1.807, 2.05) is 7.05 Å². The Morgan fingerprint density at radius 3 is 2.30 bits per heavy atom. The second-order valence-corrected chi connectivity index (χ2v) is 7.09. The number of guanidine groups is 1. The number of halogens is 1. The maximum Gasteiger partial charge on any atom is 0.191 e. The molecule has 1 aromatic carbocycles. The molecule has 0 unspecified atom stereocenters. The summed E-state index contributed by atoms with van der Waals surface area (Å²) in [6.45, 7) is 13.1. The van der Waals surface area contributed by atoms with Crippen molar-refractivity contribution in [2.24, 2.45) is 4.99 Å². The minimum atomic E-state index is 0. The Morgan fingerprint density at radius 2 is 1.70 bits per heavy atom. The van der Waals surface area contributed by atoms with E-state index >= 15 is 0 Å². The summed E-state index contributed by atoms with van der Waals surface area (Å²) in [5, 5.41) is 6.83. The van der Waals surface area contributed by atoms with Crippen molar-refractivity contribution >= 4 is 29.9 Å². The SMILES string of the molecule is CCCN(CC)CCNC(=NC)NCc1ccc(CN2CCCC2)cc1.I. The lowest BCUT2D eigenvalue weighted by molar-refractivity contribution is 0.293. The van der Waals surface area contributed by atoms with Crippen LogP contribution in [0.1, 0.15) is 44.2 Å². The lowest BCUT2D eigenvalue weighted by Gasteiger charge is -2.20.